The summed E-state index contributed by atoms with van der Waals surface area (Å²) in [6.45, 7) is 0.406. The molecular weight excluding hydrogens is 347 g/mol. The van der Waals surface area contributed by atoms with Crippen LogP contribution in [-0.2, 0) is 11.3 Å². The van der Waals surface area contributed by atoms with Crippen LogP contribution < -0.4 is 14.8 Å². The van der Waals surface area contributed by atoms with Crippen molar-refractivity contribution in [3.05, 3.63) is 52.8 Å². The van der Waals surface area contributed by atoms with E-state index in [4.69, 9.17) is 21.1 Å². The fourth-order valence-electron chi connectivity index (χ4n) is 2.37. The van der Waals surface area contributed by atoms with E-state index in [2.05, 4.69) is 5.32 Å². The molecule has 0 aliphatic carbocycles. The zero-order chi connectivity index (χ0) is 18.4. The second kappa shape index (κ2) is 8.69. The number of hydrogen-bond acceptors (Lipinski definition) is 4. The predicted octanol–water partition coefficient (Wildman–Crippen LogP) is 3.57. The average molecular weight is 367 g/mol. The molecule has 0 radical (unpaired) electrons. The van der Waals surface area contributed by atoms with Crippen LogP contribution in [0, 0.1) is 5.82 Å². The van der Waals surface area contributed by atoms with E-state index in [-0.39, 0.29) is 18.3 Å². The van der Waals surface area contributed by atoms with E-state index in [1.807, 2.05) is 0 Å². The number of benzene rings is 2. The highest BCUT2D eigenvalue weighted by molar-refractivity contribution is 6.32. The highest BCUT2D eigenvalue weighted by Gasteiger charge is 2.14. The summed E-state index contributed by atoms with van der Waals surface area (Å²) in [5.41, 5.74) is 0.983. The number of nitrogens with zero attached hydrogens (tertiary/aromatic N) is 1. The number of amides is 1. The Labute approximate surface area is 151 Å². The third kappa shape index (κ3) is 5.08. The van der Waals surface area contributed by atoms with Crippen molar-refractivity contribution in [2.75, 3.05) is 33.1 Å². The van der Waals surface area contributed by atoms with Crippen LogP contribution in [0.1, 0.15) is 5.56 Å². The fourth-order valence-corrected chi connectivity index (χ4v) is 2.60. The first-order valence-electron chi connectivity index (χ1n) is 7.58. The van der Waals surface area contributed by atoms with Gasteiger partial charge in [-0.15, -0.1) is 0 Å². The van der Waals surface area contributed by atoms with Crippen LogP contribution in [0.4, 0.5) is 10.1 Å². The van der Waals surface area contributed by atoms with Gasteiger partial charge in [-0.05, 0) is 13.1 Å². The summed E-state index contributed by atoms with van der Waals surface area (Å²) in [6, 6.07) is 9.64. The number of nitrogens with one attached hydrogen (secondary N) is 1. The summed E-state index contributed by atoms with van der Waals surface area (Å²) in [5, 5.41) is 3.14. The molecule has 2 rings (SSSR count). The summed E-state index contributed by atoms with van der Waals surface area (Å²) < 4.78 is 24.1. The van der Waals surface area contributed by atoms with Gasteiger partial charge in [-0.2, -0.15) is 0 Å². The molecule has 0 saturated carbocycles. The molecule has 7 heteroatoms. The van der Waals surface area contributed by atoms with Crippen LogP contribution in [0.5, 0.6) is 11.5 Å². The number of halogens is 2. The second-order valence-corrected chi connectivity index (χ2v) is 5.91. The maximum Gasteiger partial charge on any atom is 0.238 e. The van der Waals surface area contributed by atoms with Crippen molar-refractivity contribution in [3.63, 3.8) is 0 Å². The van der Waals surface area contributed by atoms with Gasteiger partial charge >= 0.3 is 0 Å². The van der Waals surface area contributed by atoms with E-state index in [9.17, 15) is 9.18 Å². The molecule has 0 heterocycles. The molecule has 1 amide bonds. The summed E-state index contributed by atoms with van der Waals surface area (Å²) in [4.78, 5) is 14.0. The standard InChI is InChI=1S/C18H20ClFN2O3/c1-22(10-12-6-4-5-7-14(12)20)11-18(23)21-15-9-16(24-2)13(19)8-17(15)25-3/h4-9H,10-11H2,1-3H3,(H,21,23). The number of methoxy groups -OCH3 is 2. The van der Waals surface area contributed by atoms with E-state index in [1.165, 1.54) is 20.3 Å². The van der Waals surface area contributed by atoms with Crippen LogP contribution in [0.3, 0.4) is 0 Å². The van der Waals surface area contributed by atoms with Gasteiger partial charge in [0.05, 0.1) is 31.5 Å². The molecule has 0 atom stereocenters. The van der Waals surface area contributed by atoms with Gasteiger partial charge in [0.25, 0.3) is 0 Å². The van der Waals surface area contributed by atoms with Crippen molar-refractivity contribution in [3.8, 4) is 11.5 Å². The third-order valence-corrected chi connectivity index (χ3v) is 3.86. The molecule has 1 N–H and O–H groups in total. The smallest absolute Gasteiger partial charge is 0.238 e. The number of ether oxygens (including phenoxy) is 2. The van der Waals surface area contributed by atoms with Crippen LogP contribution in [-0.4, -0.2) is 38.6 Å². The first-order valence-corrected chi connectivity index (χ1v) is 7.95. The normalized spacial score (nSPS) is 10.6. The monoisotopic (exact) mass is 366 g/mol. The van der Waals surface area contributed by atoms with Gasteiger partial charge in [0.2, 0.25) is 5.91 Å². The van der Waals surface area contributed by atoms with Gasteiger partial charge in [0.1, 0.15) is 17.3 Å². The summed E-state index contributed by atoms with van der Waals surface area (Å²) >= 11 is 6.04. The Morgan fingerprint density at radius 1 is 1.20 bits per heavy atom. The molecule has 0 spiro atoms. The minimum absolute atomic E-state index is 0.0857. The van der Waals surface area contributed by atoms with Crippen molar-refractivity contribution >= 4 is 23.2 Å². The summed E-state index contributed by atoms with van der Waals surface area (Å²) in [7, 11) is 4.71. The van der Waals surface area contributed by atoms with Crippen LogP contribution in [0.2, 0.25) is 5.02 Å². The van der Waals surface area contributed by atoms with Gasteiger partial charge in [0.15, 0.2) is 0 Å². The molecule has 0 fully saturated rings. The molecule has 0 bridgehead atoms. The molecule has 5 nitrogen and oxygen atoms in total. The van der Waals surface area contributed by atoms with Gasteiger partial charge < -0.3 is 14.8 Å². The number of carbonyl (C=O) groups excluding carboxylic acids is 1. The van der Waals surface area contributed by atoms with E-state index in [0.29, 0.717) is 34.3 Å². The fraction of sp³-hybridized carbons (Fsp3) is 0.278. The zero-order valence-corrected chi connectivity index (χ0v) is 15.1. The zero-order valence-electron chi connectivity index (χ0n) is 14.3. The minimum Gasteiger partial charge on any atom is -0.495 e. The Bertz CT molecular complexity index is 755. The number of anilines is 1. The van der Waals surface area contributed by atoms with Crippen molar-refractivity contribution in [1.29, 1.82) is 0 Å². The Kier molecular flexibility index (Phi) is 6.61. The SMILES string of the molecule is COc1cc(NC(=O)CN(C)Cc2ccccc2F)c(OC)cc1Cl. The van der Waals surface area contributed by atoms with Crippen molar-refractivity contribution < 1.29 is 18.7 Å². The lowest BCUT2D eigenvalue weighted by molar-refractivity contribution is -0.117. The molecule has 25 heavy (non-hydrogen) atoms. The number of hydrogen-bond donors (Lipinski definition) is 1. The van der Waals surface area contributed by atoms with E-state index in [0.717, 1.165) is 0 Å². The van der Waals surface area contributed by atoms with Crippen molar-refractivity contribution in [1.82, 2.24) is 4.90 Å². The number of carbonyl (C=O) groups is 1. The maximum atomic E-state index is 13.7. The minimum atomic E-state index is -0.293. The molecule has 0 aliphatic heterocycles. The first-order chi connectivity index (χ1) is 11.9. The Morgan fingerprint density at radius 3 is 2.52 bits per heavy atom. The molecule has 0 aliphatic rings. The van der Waals surface area contributed by atoms with Gasteiger partial charge in [-0.3, -0.25) is 9.69 Å². The molecule has 0 unspecified atom stereocenters. The molecule has 2 aromatic carbocycles. The Hall–Kier alpha value is -2.31. The van der Waals surface area contributed by atoms with Crippen molar-refractivity contribution in [2.24, 2.45) is 0 Å². The van der Waals surface area contributed by atoms with Crippen LogP contribution in [0.15, 0.2) is 36.4 Å². The average Bonchev–Trinajstić information content (AvgIpc) is 2.57. The highest BCUT2D eigenvalue weighted by Crippen LogP contribution is 2.35. The van der Waals surface area contributed by atoms with Gasteiger partial charge in [-0.25, -0.2) is 4.39 Å². The molecule has 134 valence electrons. The first kappa shape index (κ1) is 19.0. The second-order valence-electron chi connectivity index (χ2n) is 5.50. The maximum absolute atomic E-state index is 13.7. The Balaban J connectivity index is 2.03. The van der Waals surface area contributed by atoms with E-state index in [1.54, 1.807) is 42.3 Å². The van der Waals surface area contributed by atoms with Crippen LogP contribution >= 0.6 is 11.6 Å². The number of rotatable bonds is 7. The third-order valence-electron chi connectivity index (χ3n) is 3.56. The largest absolute Gasteiger partial charge is 0.495 e. The molecule has 0 aromatic heterocycles. The van der Waals surface area contributed by atoms with Gasteiger partial charge in [0, 0.05) is 24.2 Å². The molecule has 0 saturated heterocycles. The topological polar surface area (TPSA) is 50.8 Å². The lowest BCUT2D eigenvalue weighted by Crippen LogP contribution is -2.30. The quantitative estimate of drug-likeness (QED) is 0.814. The number of likely N-dealkylation sites (N-methyl/N-ethyl adjacent to an activating group) is 1. The molecular formula is C18H20ClFN2O3. The van der Waals surface area contributed by atoms with Crippen molar-refractivity contribution in [2.45, 2.75) is 6.54 Å². The predicted molar refractivity (Wildman–Crippen MR) is 95.9 cm³/mol. The van der Waals surface area contributed by atoms with E-state index >= 15 is 0 Å². The lowest BCUT2D eigenvalue weighted by atomic mass is 10.2. The Morgan fingerprint density at radius 2 is 1.88 bits per heavy atom. The van der Waals surface area contributed by atoms with E-state index < -0.39 is 0 Å². The molecule has 2 aromatic rings. The lowest BCUT2D eigenvalue weighted by Gasteiger charge is -2.18. The highest BCUT2D eigenvalue weighted by atomic mass is 35.5. The van der Waals surface area contributed by atoms with Crippen LogP contribution in [0.25, 0.3) is 0 Å². The summed E-state index contributed by atoms with van der Waals surface area (Å²) in [5.74, 6) is 0.300. The summed E-state index contributed by atoms with van der Waals surface area (Å²) in [6.07, 6.45) is 0. The van der Waals surface area contributed by atoms with Gasteiger partial charge in [-0.1, -0.05) is 29.8 Å².